The van der Waals surface area contributed by atoms with Gasteiger partial charge in [0.2, 0.25) is 0 Å². The standard InChI is InChI=1S/C22H16N4O3S2/c1-26-21(28)14-8-6-12(10-16(14)25-22(26)30)19(27)23-11-13-7-9-17(29-13)20-24-15-4-2-3-5-18(15)31-20/h2-10H,11H2,1H3,(H,23,27)(H,25,30). The van der Waals surface area contributed by atoms with Crippen LogP contribution in [0, 0.1) is 4.77 Å². The molecule has 0 atom stereocenters. The number of amides is 1. The van der Waals surface area contributed by atoms with Crippen LogP contribution < -0.4 is 10.9 Å². The van der Waals surface area contributed by atoms with Gasteiger partial charge in [-0.1, -0.05) is 12.1 Å². The van der Waals surface area contributed by atoms with Crippen molar-refractivity contribution in [3.8, 4) is 10.8 Å². The summed E-state index contributed by atoms with van der Waals surface area (Å²) in [6.45, 7) is 0.230. The first-order chi connectivity index (χ1) is 15.0. The predicted molar refractivity (Wildman–Crippen MR) is 123 cm³/mol. The van der Waals surface area contributed by atoms with Gasteiger partial charge in [0.15, 0.2) is 15.5 Å². The van der Waals surface area contributed by atoms with Gasteiger partial charge in [-0.3, -0.25) is 14.2 Å². The van der Waals surface area contributed by atoms with Gasteiger partial charge in [-0.25, -0.2) is 4.98 Å². The molecule has 0 fully saturated rings. The molecule has 3 heterocycles. The third-order valence-electron chi connectivity index (χ3n) is 4.95. The van der Waals surface area contributed by atoms with Crippen LogP contribution in [0.15, 0.2) is 63.8 Å². The number of aromatic amines is 1. The molecule has 2 N–H and O–H groups in total. The highest BCUT2D eigenvalue weighted by Gasteiger charge is 2.13. The third kappa shape index (κ3) is 3.58. The number of hydrogen-bond donors (Lipinski definition) is 2. The molecule has 0 spiro atoms. The Morgan fingerprint density at radius 3 is 2.90 bits per heavy atom. The minimum Gasteiger partial charge on any atom is -0.457 e. The zero-order chi connectivity index (χ0) is 21.5. The fraction of sp³-hybridized carbons (Fsp3) is 0.0909. The second kappa shape index (κ2) is 7.60. The van der Waals surface area contributed by atoms with Crippen molar-refractivity contribution in [2.24, 2.45) is 7.05 Å². The minimum absolute atomic E-state index is 0.205. The van der Waals surface area contributed by atoms with E-state index >= 15 is 0 Å². The van der Waals surface area contributed by atoms with Crippen molar-refractivity contribution in [1.29, 1.82) is 0 Å². The number of furan rings is 1. The Morgan fingerprint density at radius 1 is 1.23 bits per heavy atom. The molecule has 0 aliphatic heterocycles. The molecule has 3 aromatic heterocycles. The summed E-state index contributed by atoms with van der Waals surface area (Å²) in [5.74, 6) is 1.01. The zero-order valence-corrected chi connectivity index (χ0v) is 18.0. The van der Waals surface area contributed by atoms with Gasteiger partial charge in [0.25, 0.3) is 11.5 Å². The molecule has 9 heteroatoms. The number of nitrogens with one attached hydrogen (secondary N) is 2. The quantitative estimate of drug-likeness (QED) is 0.398. The summed E-state index contributed by atoms with van der Waals surface area (Å²) in [4.78, 5) is 32.4. The maximum atomic E-state index is 12.6. The van der Waals surface area contributed by atoms with Gasteiger partial charge in [-0.2, -0.15) is 0 Å². The number of hydrogen-bond acceptors (Lipinski definition) is 6. The van der Waals surface area contributed by atoms with Crippen molar-refractivity contribution < 1.29 is 9.21 Å². The van der Waals surface area contributed by atoms with Gasteiger partial charge in [0.1, 0.15) is 5.76 Å². The van der Waals surface area contributed by atoms with Gasteiger partial charge in [-0.05, 0) is 54.7 Å². The summed E-state index contributed by atoms with van der Waals surface area (Å²) < 4.78 is 8.62. The first-order valence-corrected chi connectivity index (χ1v) is 10.7. The summed E-state index contributed by atoms with van der Waals surface area (Å²) >= 11 is 6.70. The van der Waals surface area contributed by atoms with E-state index in [0.717, 1.165) is 15.2 Å². The van der Waals surface area contributed by atoms with E-state index in [1.54, 1.807) is 36.6 Å². The molecule has 0 unspecified atom stereocenters. The number of nitrogens with zero attached hydrogens (tertiary/aromatic N) is 2. The summed E-state index contributed by atoms with van der Waals surface area (Å²) in [5, 5.41) is 4.11. The molecule has 5 rings (SSSR count). The second-order valence-electron chi connectivity index (χ2n) is 6.99. The van der Waals surface area contributed by atoms with Crippen LogP contribution in [-0.2, 0) is 13.6 Å². The first kappa shape index (κ1) is 19.4. The Labute approximate surface area is 185 Å². The van der Waals surface area contributed by atoms with Crippen molar-refractivity contribution in [2.45, 2.75) is 6.54 Å². The molecule has 154 valence electrons. The summed E-state index contributed by atoms with van der Waals surface area (Å²) in [7, 11) is 1.60. The number of thiazole rings is 1. The van der Waals surface area contributed by atoms with E-state index in [4.69, 9.17) is 16.6 Å². The second-order valence-corrected chi connectivity index (χ2v) is 8.41. The Morgan fingerprint density at radius 2 is 2.06 bits per heavy atom. The summed E-state index contributed by atoms with van der Waals surface area (Å²) in [6.07, 6.45) is 0. The van der Waals surface area contributed by atoms with Crippen molar-refractivity contribution in [3.05, 3.63) is 81.0 Å². The monoisotopic (exact) mass is 448 g/mol. The number of benzene rings is 2. The first-order valence-electron chi connectivity index (χ1n) is 9.45. The van der Waals surface area contributed by atoms with Crippen LogP contribution in [0.1, 0.15) is 16.1 Å². The van der Waals surface area contributed by atoms with Gasteiger partial charge in [0, 0.05) is 12.6 Å². The molecule has 0 bridgehead atoms. The number of aromatic nitrogens is 3. The topological polar surface area (TPSA) is 92.9 Å². The predicted octanol–water partition coefficient (Wildman–Crippen LogP) is 4.40. The van der Waals surface area contributed by atoms with Crippen molar-refractivity contribution in [3.63, 3.8) is 0 Å². The zero-order valence-electron chi connectivity index (χ0n) is 16.3. The summed E-state index contributed by atoms with van der Waals surface area (Å²) in [5.41, 5.74) is 1.67. The van der Waals surface area contributed by atoms with Gasteiger partial charge < -0.3 is 14.7 Å². The van der Waals surface area contributed by atoms with E-state index in [1.165, 1.54) is 4.57 Å². The fourth-order valence-electron chi connectivity index (χ4n) is 3.28. The number of rotatable bonds is 4. The molecule has 7 nitrogen and oxygen atoms in total. The highest BCUT2D eigenvalue weighted by molar-refractivity contribution is 7.71. The van der Waals surface area contributed by atoms with E-state index in [0.29, 0.717) is 32.8 Å². The number of carbonyl (C=O) groups excluding carboxylic acids is 1. The molecule has 1 amide bonds. The minimum atomic E-state index is -0.278. The lowest BCUT2D eigenvalue weighted by Gasteiger charge is -2.06. The number of fused-ring (bicyclic) bond motifs is 2. The average Bonchev–Trinajstić information content (AvgIpc) is 3.42. The molecular formula is C22H16N4O3S2. The van der Waals surface area contributed by atoms with Gasteiger partial charge >= 0.3 is 0 Å². The third-order valence-corrected chi connectivity index (χ3v) is 6.38. The largest absolute Gasteiger partial charge is 0.457 e. The van der Waals surface area contributed by atoms with Crippen LogP contribution in [0.25, 0.3) is 31.9 Å². The molecule has 0 saturated heterocycles. The molecule has 31 heavy (non-hydrogen) atoms. The highest BCUT2D eigenvalue weighted by atomic mass is 32.1. The molecule has 0 radical (unpaired) electrons. The van der Waals surface area contributed by atoms with E-state index in [1.807, 2.05) is 36.4 Å². The van der Waals surface area contributed by atoms with E-state index in [2.05, 4.69) is 15.3 Å². The van der Waals surface area contributed by atoms with Crippen molar-refractivity contribution in [1.82, 2.24) is 19.9 Å². The summed E-state index contributed by atoms with van der Waals surface area (Å²) in [6, 6.07) is 16.4. The molecule has 2 aromatic carbocycles. The Bertz CT molecular complexity index is 1540. The molecule has 0 saturated carbocycles. The van der Waals surface area contributed by atoms with E-state index < -0.39 is 0 Å². The van der Waals surface area contributed by atoms with Gasteiger partial charge in [-0.15, -0.1) is 11.3 Å². The lowest BCUT2D eigenvalue weighted by Crippen LogP contribution is -2.23. The smallest absolute Gasteiger partial charge is 0.261 e. The Balaban J connectivity index is 1.33. The molecule has 0 aliphatic rings. The Kier molecular flexibility index (Phi) is 4.76. The number of para-hydroxylation sites is 1. The van der Waals surface area contributed by atoms with Crippen LogP contribution in [0.5, 0.6) is 0 Å². The van der Waals surface area contributed by atoms with Crippen molar-refractivity contribution in [2.75, 3.05) is 0 Å². The Hall–Kier alpha value is -3.56. The normalized spacial score (nSPS) is 11.3. The molecular weight excluding hydrogens is 432 g/mol. The fourth-order valence-corrected chi connectivity index (χ4v) is 4.40. The lowest BCUT2D eigenvalue weighted by atomic mass is 10.1. The van der Waals surface area contributed by atoms with Crippen LogP contribution in [0.4, 0.5) is 0 Å². The average molecular weight is 449 g/mol. The molecule has 0 aliphatic carbocycles. The van der Waals surface area contributed by atoms with E-state index in [9.17, 15) is 9.59 Å². The highest BCUT2D eigenvalue weighted by Crippen LogP contribution is 2.31. The lowest BCUT2D eigenvalue weighted by molar-refractivity contribution is 0.0948. The maximum Gasteiger partial charge on any atom is 0.261 e. The number of carbonyl (C=O) groups is 1. The van der Waals surface area contributed by atoms with Crippen LogP contribution in [0.3, 0.4) is 0 Å². The SMILES string of the molecule is Cn1c(=S)[nH]c2cc(C(=O)NCc3ccc(-c4nc5ccccc5s4)o3)ccc2c1=O. The maximum absolute atomic E-state index is 12.6. The van der Waals surface area contributed by atoms with Crippen LogP contribution in [-0.4, -0.2) is 20.4 Å². The number of H-pyrrole nitrogens is 1. The van der Waals surface area contributed by atoms with Gasteiger partial charge in [0.05, 0.1) is 27.7 Å². The van der Waals surface area contributed by atoms with E-state index in [-0.39, 0.29) is 18.0 Å². The van der Waals surface area contributed by atoms with Crippen molar-refractivity contribution >= 4 is 50.6 Å². The van der Waals surface area contributed by atoms with Crippen LogP contribution in [0.2, 0.25) is 0 Å². The van der Waals surface area contributed by atoms with Crippen LogP contribution >= 0.6 is 23.6 Å². The molecule has 5 aromatic rings.